The van der Waals surface area contributed by atoms with Crippen LogP contribution in [-0.4, -0.2) is 68.0 Å². The molecular weight excluding hydrogens is 715 g/mol. The van der Waals surface area contributed by atoms with Crippen LogP contribution in [0.15, 0.2) is 18.2 Å². The summed E-state index contributed by atoms with van der Waals surface area (Å²) in [6.07, 6.45) is 12.6. The molecule has 0 spiro atoms. The molecule has 1 aromatic carbocycles. The van der Waals surface area contributed by atoms with Gasteiger partial charge in [-0.15, -0.1) is 0 Å². The molecule has 4 rings (SSSR count). The van der Waals surface area contributed by atoms with Crippen LogP contribution < -0.4 is 14.8 Å². The van der Waals surface area contributed by atoms with Crippen LogP contribution in [0.25, 0.3) is 0 Å². The zero-order valence-electron chi connectivity index (χ0n) is 26.8. The van der Waals surface area contributed by atoms with E-state index in [1.54, 1.807) is 18.2 Å². The Morgan fingerprint density at radius 3 is 1.66 bits per heavy atom. The van der Waals surface area contributed by atoms with Crippen molar-refractivity contribution in [3.63, 3.8) is 0 Å². The lowest BCUT2D eigenvalue weighted by molar-refractivity contribution is -0.141. The van der Waals surface area contributed by atoms with Crippen molar-refractivity contribution < 1.29 is 33.8 Å². The molecule has 3 aliphatic heterocycles. The van der Waals surface area contributed by atoms with Crippen molar-refractivity contribution in [3.8, 4) is 11.5 Å². The molecule has 2 N–H and O–H groups in total. The molecule has 3 heterocycles. The van der Waals surface area contributed by atoms with Gasteiger partial charge in [0.25, 0.3) is 0 Å². The van der Waals surface area contributed by atoms with Crippen molar-refractivity contribution in [1.29, 1.82) is 0 Å². The fourth-order valence-corrected chi connectivity index (χ4v) is 14.6. The Bertz CT molecular complexity index is 1160. The third-order valence-electron chi connectivity index (χ3n) is 8.20. The van der Waals surface area contributed by atoms with Crippen LogP contribution in [0.3, 0.4) is 0 Å². The summed E-state index contributed by atoms with van der Waals surface area (Å²) in [6, 6.07) is 3.63. The number of carboxylic acid groups (broad SMARTS) is 1. The molecule has 0 aliphatic carbocycles. The molecule has 3 saturated heterocycles. The van der Waals surface area contributed by atoms with E-state index in [1.165, 1.54) is 36.5 Å². The second-order valence-corrected chi connectivity index (χ2v) is 20.5. The van der Waals surface area contributed by atoms with Crippen LogP contribution in [0, 0.1) is 0 Å². The van der Waals surface area contributed by atoms with Gasteiger partial charge in [0.15, 0.2) is 11.5 Å². The number of hydrogen-bond donors (Lipinski definition) is 2. The average molecular weight is 762 g/mol. The van der Waals surface area contributed by atoms with E-state index in [4.69, 9.17) is 9.47 Å². The molecule has 3 aliphatic rings. The standard InChI is InChI=1S/C33H47NO7S6/c35-30(10-4-1-7-24-15-18-42-45-24)34-27(33(38)39)21-23-13-14-28(40-31(36)11-5-2-8-25-16-19-43-46-25)29(22-23)41-32(37)12-6-3-9-26-17-20-44-47-26/h13-14,22,24-27H,1-12,15-21H2,(H,34,35)(H,38,39)/t24?,25?,26?,27-/m0/s1. The van der Waals surface area contributed by atoms with Crippen LogP contribution in [0.2, 0.25) is 0 Å². The summed E-state index contributed by atoms with van der Waals surface area (Å²) in [5.41, 5.74) is 0.554. The number of ether oxygens (including phenoxy) is 2. The third kappa shape index (κ3) is 15.3. The Kier molecular flexibility index (Phi) is 18.3. The van der Waals surface area contributed by atoms with E-state index >= 15 is 0 Å². The second-order valence-electron chi connectivity index (χ2n) is 12.1. The first-order valence-corrected chi connectivity index (χ1v) is 23.9. The monoisotopic (exact) mass is 761 g/mol. The quantitative estimate of drug-likeness (QED) is 0.0538. The highest BCUT2D eigenvalue weighted by Gasteiger charge is 2.23. The SMILES string of the molecule is O=C(CCCCC1CCSS1)N[C@@H](Cc1ccc(OC(=O)CCCCC2CCSS2)c(OC(=O)CCCCC2CCSS2)c1)C(=O)O. The van der Waals surface area contributed by atoms with Crippen LogP contribution in [0.1, 0.15) is 102 Å². The Balaban J connectivity index is 1.30. The average Bonchev–Trinajstić information content (AvgIpc) is 3.86. The summed E-state index contributed by atoms with van der Waals surface area (Å²) < 4.78 is 11.4. The summed E-state index contributed by atoms with van der Waals surface area (Å²) in [4.78, 5) is 50.3. The van der Waals surface area contributed by atoms with Gasteiger partial charge in [-0.2, -0.15) is 0 Å². The fraction of sp³-hybridized carbons (Fsp3) is 0.697. The molecule has 262 valence electrons. The summed E-state index contributed by atoms with van der Waals surface area (Å²) in [5, 5.41) is 14.5. The topological polar surface area (TPSA) is 119 Å². The number of esters is 2. The number of amides is 1. The minimum atomic E-state index is -1.14. The number of carbonyl (C=O) groups is 4. The van der Waals surface area contributed by atoms with E-state index in [0.29, 0.717) is 27.7 Å². The van der Waals surface area contributed by atoms with Crippen molar-refractivity contribution in [3.05, 3.63) is 23.8 Å². The molecule has 3 fully saturated rings. The van der Waals surface area contributed by atoms with Crippen molar-refractivity contribution in [2.24, 2.45) is 0 Å². The molecule has 1 aromatic rings. The van der Waals surface area contributed by atoms with E-state index in [-0.39, 0.29) is 43.1 Å². The van der Waals surface area contributed by atoms with Gasteiger partial charge in [0.05, 0.1) is 0 Å². The molecule has 1 amide bonds. The van der Waals surface area contributed by atoms with Gasteiger partial charge in [-0.1, -0.05) is 90.1 Å². The number of carbonyl (C=O) groups excluding carboxylic acids is 3. The summed E-state index contributed by atoms with van der Waals surface area (Å²) in [6.45, 7) is 0. The number of nitrogens with one attached hydrogen (secondary N) is 1. The maximum absolute atomic E-state index is 12.9. The molecule has 0 radical (unpaired) electrons. The first-order valence-electron chi connectivity index (χ1n) is 16.8. The van der Waals surface area contributed by atoms with Gasteiger partial charge >= 0.3 is 17.9 Å². The number of carboxylic acids is 1. The minimum absolute atomic E-state index is 0.00428. The zero-order chi connectivity index (χ0) is 33.3. The predicted octanol–water partition coefficient (Wildman–Crippen LogP) is 8.75. The van der Waals surface area contributed by atoms with Gasteiger partial charge in [0, 0.05) is 58.7 Å². The molecule has 0 aromatic heterocycles. The van der Waals surface area contributed by atoms with Gasteiger partial charge in [-0.3, -0.25) is 14.4 Å². The Morgan fingerprint density at radius 1 is 0.702 bits per heavy atom. The summed E-state index contributed by atoms with van der Waals surface area (Å²) in [7, 11) is 11.5. The highest BCUT2D eigenvalue weighted by atomic mass is 33.1. The Morgan fingerprint density at radius 2 is 1.19 bits per heavy atom. The number of benzene rings is 1. The van der Waals surface area contributed by atoms with E-state index in [1.807, 2.05) is 64.8 Å². The normalized spacial score (nSPS) is 21.4. The zero-order valence-corrected chi connectivity index (χ0v) is 31.7. The molecule has 3 unspecified atom stereocenters. The van der Waals surface area contributed by atoms with E-state index in [2.05, 4.69) is 5.32 Å². The Labute approximate surface area is 302 Å². The number of hydrogen-bond acceptors (Lipinski definition) is 12. The van der Waals surface area contributed by atoms with Crippen LogP contribution in [0.4, 0.5) is 0 Å². The fourth-order valence-electron chi connectivity index (χ4n) is 5.53. The van der Waals surface area contributed by atoms with Gasteiger partial charge in [-0.05, 0) is 75.5 Å². The highest BCUT2D eigenvalue weighted by molar-refractivity contribution is 8.78. The van der Waals surface area contributed by atoms with Crippen molar-refractivity contribution >= 4 is 88.6 Å². The largest absolute Gasteiger partial charge is 0.480 e. The molecular formula is C33H47NO7S6. The lowest BCUT2D eigenvalue weighted by Crippen LogP contribution is -2.42. The van der Waals surface area contributed by atoms with Crippen molar-refractivity contribution in [2.75, 3.05) is 17.3 Å². The minimum Gasteiger partial charge on any atom is -0.480 e. The predicted molar refractivity (Wildman–Crippen MR) is 202 cm³/mol. The molecule has 0 bridgehead atoms. The van der Waals surface area contributed by atoms with E-state index < -0.39 is 23.9 Å². The van der Waals surface area contributed by atoms with Crippen molar-refractivity contribution in [2.45, 2.75) is 125 Å². The first-order chi connectivity index (χ1) is 22.9. The smallest absolute Gasteiger partial charge is 0.326 e. The van der Waals surface area contributed by atoms with Gasteiger partial charge in [0.2, 0.25) is 5.91 Å². The van der Waals surface area contributed by atoms with E-state index in [9.17, 15) is 24.3 Å². The maximum Gasteiger partial charge on any atom is 0.326 e. The third-order valence-corrected chi connectivity index (χ3v) is 17.2. The van der Waals surface area contributed by atoms with Crippen LogP contribution in [-0.2, 0) is 25.6 Å². The number of rotatable bonds is 21. The maximum atomic E-state index is 12.9. The highest BCUT2D eigenvalue weighted by Crippen LogP contribution is 2.41. The lowest BCUT2D eigenvalue weighted by atomic mass is 10.0. The van der Waals surface area contributed by atoms with Gasteiger partial charge in [0.1, 0.15) is 6.04 Å². The van der Waals surface area contributed by atoms with Gasteiger partial charge < -0.3 is 19.9 Å². The Hall–Kier alpha value is -0.800. The molecule has 47 heavy (non-hydrogen) atoms. The number of aliphatic carboxylic acids is 1. The van der Waals surface area contributed by atoms with Crippen molar-refractivity contribution in [1.82, 2.24) is 5.32 Å². The van der Waals surface area contributed by atoms with Crippen LogP contribution >= 0.6 is 64.8 Å². The molecule has 8 nitrogen and oxygen atoms in total. The lowest BCUT2D eigenvalue weighted by Gasteiger charge is -2.17. The summed E-state index contributed by atoms with van der Waals surface area (Å²) in [5.74, 6) is 1.55. The number of unbranched alkanes of at least 4 members (excludes halogenated alkanes) is 3. The van der Waals surface area contributed by atoms with E-state index in [0.717, 1.165) is 51.4 Å². The molecule has 4 atom stereocenters. The molecule has 14 heteroatoms. The van der Waals surface area contributed by atoms with Crippen LogP contribution in [0.5, 0.6) is 11.5 Å². The second kappa shape index (κ2) is 22.1. The summed E-state index contributed by atoms with van der Waals surface area (Å²) >= 11 is 0. The van der Waals surface area contributed by atoms with Gasteiger partial charge in [-0.25, -0.2) is 4.79 Å². The molecule has 0 saturated carbocycles. The first kappa shape index (κ1) is 39.0.